The van der Waals surface area contributed by atoms with Gasteiger partial charge in [0.15, 0.2) is 0 Å². The first kappa shape index (κ1) is 20.8. The van der Waals surface area contributed by atoms with Gasteiger partial charge in [-0.15, -0.1) is 0 Å². The largest absolute Gasteiger partial charge is 0.269 e. The van der Waals surface area contributed by atoms with Crippen LogP contribution in [0.25, 0.3) is 0 Å². The van der Waals surface area contributed by atoms with Gasteiger partial charge >= 0.3 is 0 Å². The van der Waals surface area contributed by atoms with Gasteiger partial charge in [0.2, 0.25) is 0 Å². The van der Waals surface area contributed by atoms with Gasteiger partial charge < -0.3 is 0 Å². The fourth-order valence-electron chi connectivity index (χ4n) is 5.07. The van der Waals surface area contributed by atoms with Crippen LogP contribution in [0.5, 0.6) is 0 Å². The van der Waals surface area contributed by atoms with Crippen LogP contribution in [0, 0.1) is 23.7 Å². The molecule has 2 atom stereocenters. The lowest BCUT2D eigenvalue weighted by Crippen LogP contribution is -2.37. The van der Waals surface area contributed by atoms with Crippen molar-refractivity contribution in [2.24, 2.45) is 23.7 Å². The summed E-state index contributed by atoms with van der Waals surface area (Å²) in [7, 11) is 0. The molecular weight excluding hydrogens is 346 g/mol. The van der Waals surface area contributed by atoms with Crippen LogP contribution in [0.15, 0.2) is 24.3 Å². The van der Waals surface area contributed by atoms with Crippen molar-refractivity contribution in [3.05, 3.63) is 46.5 Å². The molecule has 0 bridgehead atoms. The number of hydrogen-bond acceptors (Lipinski definition) is 2. The van der Waals surface area contributed by atoms with E-state index in [0.717, 1.165) is 25.7 Å². The van der Waals surface area contributed by atoms with Gasteiger partial charge in [-0.05, 0) is 71.6 Å². The molecule has 2 amide bonds. The minimum absolute atomic E-state index is 0.117. The Balaban J connectivity index is 2.14. The zero-order valence-corrected chi connectivity index (χ0v) is 18.3. The van der Waals surface area contributed by atoms with Gasteiger partial charge in [0.25, 0.3) is 11.8 Å². The van der Waals surface area contributed by atoms with E-state index < -0.39 is 0 Å². The SMILES string of the molecule is CC(C)Cc1ccc(CC(C)C)c2c1C[C@H](CC(C)C)[C@@H]2N1C(=O)C=CC1=O. The number of rotatable bonds is 7. The summed E-state index contributed by atoms with van der Waals surface area (Å²) in [5, 5.41) is 0. The Morgan fingerprint density at radius 3 is 1.93 bits per heavy atom. The Labute approximate surface area is 170 Å². The average Bonchev–Trinajstić information content (AvgIpc) is 3.09. The third kappa shape index (κ3) is 4.09. The van der Waals surface area contributed by atoms with E-state index in [9.17, 15) is 9.59 Å². The summed E-state index contributed by atoms with van der Waals surface area (Å²) in [6.45, 7) is 13.4. The smallest absolute Gasteiger partial charge is 0.254 e. The van der Waals surface area contributed by atoms with E-state index in [4.69, 9.17) is 0 Å². The first-order valence-corrected chi connectivity index (χ1v) is 10.9. The molecule has 0 saturated heterocycles. The summed E-state index contributed by atoms with van der Waals surface area (Å²) in [5.41, 5.74) is 5.42. The second-order valence-corrected chi connectivity index (χ2v) is 9.89. The summed E-state index contributed by atoms with van der Waals surface area (Å²) in [4.78, 5) is 26.8. The highest BCUT2D eigenvalue weighted by Crippen LogP contribution is 2.47. The molecule has 1 aromatic rings. The number of benzene rings is 1. The Kier molecular flexibility index (Phi) is 6.12. The maximum absolute atomic E-state index is 12.6. The van der Waals surface area contributed by atoms with Crippen molar-refractivity contribution in [1.29, 1.82) is 0 Å². The highest BCUT2D eigenvalue weighted by atomic mass is 16.2. The van der Waals surface area contributed by atoms with E-state index in [1.54, 1.807) is 4.90 Å². The zero-order chi connectivity index (χ0) is 20.6. The molecule has 0 fully saturated rings. The fraction of sp³-hybridized carbons (Fsp3) is 0.600. The second-order valence-electron chi connectivity index (χ2n) is 9.89. The summed E-state index contributed by atoms with van der Waals surface area (Å²) >= 11 is 0. The quantitative estimate of drug-likeness (QED) is 0.604. The van der Waals surface area contributed by atoms with Gasteiger partial charge in [0, 0.05) is 12.2 Å². The molecule has 1 heterocycles. The standard InChI is InChI=1S/C25H35NO2/c1-15(2)11-18-7-8-19(12-16(3)4)24-21(18)14-20(13-17(5)6)25(24)26-22(27)9-10-23(26)28/h7-10,15-17,20,25H,11-14H2,1-6H3/t20-,25-/m0/s1. The fourth-order valence-corrected chi connectivity index (χ4v) is 5.07. The third-order valence-electron chi connectivity index (χ3n) is 5.90. The van der Waals surface area contributed by atoms with E-state index in [-0.39, 0.29) is 17.9 Å². The molecule has 1 aromatic carbocycles. The highest BCUT2D eigenvalue weighted by molar-refractivity contribution is 6.13. The van der Waals surface area contributed by atoms with Crippen molar-refractivity contribution in [2.45, 2.75) is 73.3 Å². The summed E-state index contributed by atoms with van der Waals surface area (Å²) in [6.07, 6.45) is 6.91. The lowest BCUT2D eigenvalue weighted by Gasteiger charge is -2.31. The molecule has 0 radical (unpaired) electrons. The molecule has 152 valence electrons. The first-order chi connectivity index (χ1) is 13.2. The minimum atomic E-state index is -0.152. The van der Waals surface area contributed by atoms with Gasteiger partial charge in [-0.2, -0.15) is 0 Å². The first-order valence-electron chi connectivity index (χ1n) is 10.9. The van der Waals surface area contributed by atoms with E-state index in [1.165, 1.54) is 34.4 Å². The molecule has 3 heteroatoms. The van der Waals surface area contributed by atoms with Crippen LogP contribution in [-0.2, 0) is 28.9 Å². The molecule has 1 aliphatic heterocycles. The number of amides is 2. The van der Waals surface area contributed by atoms with E-state index >= 15 is 0 Å². The molecular formula is C25H35NO2. The summed E-state index contributed by atoms with van der Waals surface area (Å²) < 4.78 is 0. The number of nitrogens with zero attached hydrogens (tertiary/aromatic N) is 1. The number of carbonyl (C=O) groups is 2. The number of fused-ring (bicyclic) bond motifs is 1. The number of hydrogen-bond donors (Lipinski definition) is 0. The van der Waals surface area contributed by atoms with Gasteiger partial charge in [-0.1, -0.05) is 53.7 Å². The van der Waals surface area contributed by atoms with Gasteiger partial charge in [-0.3, -0.25) is 14.5 Å². The topological polar surface area (TPSA) is 37.4 Å². The van der Waals surface area contributed by atoms with Crippen molar-refractivity contribution in [2.75, 3.05) is 0 Å². The molecule has 28 heavy (non-hydrogen) atoms. The van der Waals surface area contributed by atoms with Crippen LogP contribution >= 0.6 is 0 Å². The zero-order valence-electron chi connectivity index (χ0n) is 18.3. The number of imide groups is 1. The predicted molar refractivity (Wildman–Crippen MR) is 114 cm³/mol. The normalized spacial score (nSPS) is 21.7. The Morgan fingerprint density at radius 2 is 1.39 bits per heavy atom. The van der Waals surface area contributed by atoms with Crippen molar-refractivity contribution in [3.63, 3.8) is 0 Å². The molecule has 3 nitrogen and oxygen atoms in total. The van der Waals surface area contributed by atoms with Crippen LogP contribution < -0.4 is 0 Å². The van der Waals surface area contributed by atoms with Crippen LogP contribution in [0.3, 0.4) is 0 Å². The minimum Gasteiger partial charge on any atom is -0.269 e. The Morgan fingerprint density at radius 1 is 0.857 bits per heavy atom. The molecule has 0 aromatic heterocycles. The third-order valence-corrected chi connectivity index (χ3v) is 5.90. The van der Waals surface area contributed by atoms with Crippen molar-refractivity contribution in [1.82, 2.24) is 4.90 Å². The molecule has 1 aliphatic carbocycles. The Hall–Kier alpha value is -1.90. The van der Waals surface area contributed by atoms with Gasteiger partial charge in [-0.25, -0.2) is 0 Å². The molecule has 0 saturated carbocycles. The number of carbonyl (C=O) groups excluding carboxylic acids is 2. The van der Waals surface area contributed by atoms with Crippen LogP contribution in [0.2, 0.25) is 0 Å². The van der Waals surface area contributed by atoms with E-state index in [0.29, 0.717) is 23.7 Å². The lowest BCUT2D eigenvalue weighted by atomic mass is 9.87. The van der Waals surface area contributed by atoms with Crippen molar-refractivity contribution in [3.8, 4) is 0 Å². The van der Waals surface area contributed by atoms with Crippen molar-refractivity contribution >= 4 is 11.8 Å². The molecule has 0 unspecified atom stereocenters. The Bertz CT molecular complexity index is 770. The average molecular weight is 382 g/mol. The van der Waals surface area contributed by atoms with Crippen LogP contribution in [0.4, 0.5) is 0 Å². The summed E-state index contributed by atoms with van der Waals surface area (Å²) in [6, 6.07) is 4.45. The monoisotopic (exact) mass is 381 g/mol. The molecule has 0 N–H and O–H groups in total. The van der Waals surface area contributed by atoms with E-state index in [1.807, 2.05) is 0 Å². The summed E-state index contributed by atoms with van der Waals surface area (Å²) in [5.74, 6) is 1.65. The van der Waals surface area contributed by atoms with Crippen LogP contribution in [0.1, 0.15) is 76.3 Å². The van der Waals surface area contributed by atoms with Gasteiger partial charge in [0.1, 0.15) is 0 Å². The lowest BCUT2D eigenvalue weighted by molar-refractivity contribution is -0.140. The second kappa shape index (κ2) is 8.23. The maximum atomic E-state index is 12.6. The van der Waals surface area contributed by atoms with Crippen molar-refractivity contribution < 1.29 is 9.59 Å². The molecule has 2 aliphatic rings. The predicted octanol–water partition coefficient (Wildman–Crippen LogP) is 5.27. The highest BCUT2D eigenvalue weighted by Gasteiger charge is 2.44. The maximum Gasteiger partial charge on any atom is 0.254 e. The molecule has 0 spiro atoms. The molecule has 3 rings (SSSR count). The van der Waals surface area contributed by atoms with Gasteiger partial charge in [0.05, 0.1) is 6.04 Å². The van der Waals surface area contributed by atoms with Crippen LogP contribution in [-0.4, -0.2) is 16.7 Å². The van der Waals surface area contributed by atoms with E-state index in [2.05, 4.69) is 53.7 Å².